The Morgan fingerprint density at radius 1 is 1.38 bits per heavy atom. The van der Waals surface area contributed by atoms with Gasteiger partial charge in [-0.1, -0.05) is 12.1 Å². The second-order valence-electron chi connectivity index (χ2n) is 4.49. The first-order valence-electron chi connectivity index (χ1n) is 6.03. The Hall–Kier alpha value is -1.35. The van der Waals surface area contributed by atoms with Gasteiger partial charge in [0.1, 0.15) is 5.82 Å². The zero-order chi connectivity index (χ0) is 11.0. The number of imidazole rings is 1. The Balaban J connectivity index is 2.01. The first-order chi connectivity index (χ1) is 7.88. The summed E-state index contributed by atoms with van der Waals surface area (Å²) in [4.78, 5) is 4.74. The molecule has 0 bridgehead atoms. The number of para-hydroxylation sites is 2. The monoisotopic (exact) mass is 215 g/mol. The lowest BCUT2D eigenvalue weighted by molar-refractivity contribution is 0.338. The van der Waals surface area contributed by atoms with Crippen LogP contribution in [-0.2, 0) is 13.0 Å². The Morgan fingerprint density at radius 2 is 2.19 bits per heavy atom. The summed E-state index contributed by atoms with van der Waals surface area (Å²) in [5.41, 5.74) is 2.40. The molecule has 1 aromatic heterocycles. The molecule has 1 aliphatic heterocycles. The smallest absolute Gasteiger partial charge is 0.110 e. The van der Waals surface area contributed by atoms with Crippen molar-refractivity contribution in [2.45, 2.75) is 19.9 Å². The molecule has 2 aromatic rings. The Labute approximate surface area is 95.5 Å². The minimum atomic E-state index is 0.780. The Kier molecular flexibility index (Phi) is 2.40. The third-order valence-corrected chi connectivity index (χ3v) is 3.39. The third kappa shape index (κ3) is 1.52. The van der Waals surface area contributed by atoms with E-state index in [4.69, 9.17) is 4.98 Å². The zero-order valence-corrected chi connectivity index (χ0v) is 9.61. The highest BCUT2D eigenvalue weighted by atomic mass is 15.1. The van der Waals surface area contributed by atoms with E-state index in [1.807, 2.05) is 0 Å². The number of nitrogens with zero attached hydrogens (tertiary/aromatic N) is 2. The number of benzene rings is 1. The van der Waals surface area contributed by atoms with E-state index in [1.165, 1.54) is 11.3 Å². The van der Waals surface area contributed by atoms with Gasteiger partial charge in [0.25, 0.3) is 0 Å². The van der Waals surface area contributed by atoms with Gasteiger partial charge in [0.05, 0.1) is 11.0 Å². The van der Waals surface area contributed by atoms with Crippen LogP contribution in [0.2, 0.25) is 0 Å². The first kappa shape index (κ1) is 9.85. The maximum absolute atomic E-state index is 4.74. The van der Waals surface area contributed by atoms with Crippen LogP contribution in [0.25, 0.3) is 11.0 Å². The van der Waals surface area contributed by atoms with Crippen LogP contribution < -0.4 is 5.32 Å². The van der Waals surface area contributed by atoms with Gasteiger partial charge in [-0.3, -0.25) is 0 Å². The molecule has 1 saturated heterocycles. The lowest BCUT2D eigenvalue weighted by Crippen LogP contribution is -2.43. The third-order valence-electron chi connectivity index (χ3n) is 3.39. The van der Waals surface area contributed by atoms with E-state index in [9.17, 15) is 0 Å². The van der Waals surface area contributed by atoms with Gasteiger partial charge in [-0.2, -0.15) is 0 Å². The molecule has 1 N–H and O–H groups in total. The molecule has 0 spiro atoms. The number of aromatic nitrogens is 2. The van der Waals surface area contributed by atoms with Gasteiger partial charge in [-0.25, -0.2) is 4.98 Å². The van der Waals surface area contributed by atoms with E-state index >= 15 is 0 Å². The van der Waals surface area contributed by atoms with Gasteiger partial charge < -0.3 is 9.88 Å². The molecule has 1 aliphatic rings. The Bertz CT molecular complexity index is 497. The quantitative estimate of drug-likeness (QED) is 0.846. The second-order valence-corrected chi connectivity index (χ2v) is 4.49. The molecule has 0 aliphatic carbocycles. The van der Waals surface area contributed by atoms with Gasteiger partial charge in [0.15, 0.2) is 0 Å². The standard InChI is InChI=1S/C13H17N3/c1-2-16-12-6-4-3-5-11(12)15-13(16)7-10-8-14-9-10/h3-6,10,14H,2,7-9H2,1H3. The summed E-state index contributed by atoms with van der Waals surface area (Å²) in [6, 6.07) is 8.41. The van der Waals surface area contributed by atoms with Crippen molar-refractivity contribution in [3.05, 3.63) is 30.1 Å². The summed E-state index contributed by atoms with van der Waals surface area (Å²) in [5.74, 6) is 2.03. The molecule has 2 heterocycles. The van der Waals surface area contributed by atoms with Crippen molar-refractivity contribution in [3.63, 3.8) is 0 Å². The lowest BCUT2D eigenvalue weighted by Gasteiger charge is -2.26. The predicted molar refractivity (Wildman–Crippen MR) is 65.5 cm³/mol. The highest BCUT2D eigenvalue weighted by Crippen LogP contribution is 2.19. The highest BCUT2D eigenvalue weighted by Gasteiger charge is 2.20. The van der Waals surface area contributed by atoms with Crippen LogP contribution in [0.5, 0.6) is 0 Å². The molecule has 3 nitrogen and oxygen atoms in total. The van der Waals surface area contributed by atoms with E-state index in [2.05, 4.69) is 41.1 Å². The molecule has 1 aromatic carbocycles. The zero-order valence-electron chi connectivity index (χ0n) is 9.61. The van der Waals surface area contributed by atoms with E-state index < -0.39 is 0 Å². The number of nitrogens with one attached hydrogen (secondary N) is 1. The summed E-state index contributed by atoms with van der Waals surface area (Å²) in [5, 5.41) is 3.32. The topological polar surface area (TPSA) is 29.9 Å². The van der Waals surface area contributed by atoms with Crippen LogP contribution in [0, 0.1) is 5.92 Å². The summed E-state index contributed by atoms with van der Waals surface area (Å²) in [7, 11) is 0. The van der Waals surface area contributed by atoms with E-state index in [0.29, 0.717) is 0 Å². The minimum Gasteiger partial charge on any atom is -0.328 e. The molecule has 0 unspecified atom stereocenters. The summed E-state index contributed by atoms with van der Waals surface area (Å²) in [6.45, 7) is 5.49. The predicted octanol–water partition coefficient (Wildman–Crippen LogP) is 1.82. The lowest BCUT2D eigenvalue weighted by atomic mass is 9.99. The molecule has 0 amide bonds. The van der Waals surface area contributed by atoms with Crippen LogP contribution in [-0.4, -0.2) is 22.6 Å². The second kappa shape index (κ2) is 3.91. The Morgan fingerprint density at radius 3 is 2.88 bits per heavy atom. The van der Waals surface area contributed by atoms with Crippen molar-refractivity contribution in [3.8, 4) is 0 Å². The van der Waals surface area contributed by atoms with Gasteiger partial charge in [0, 0.05) is 13.0 Å². The molecule has 0 atom stereocenters. The maximum Gasteiger partial charge on any atom is 0.110 e. The van der Waals surface area contributed by atoms with Crippen molar-refractivity contribution in [1.82, 2.24) is 14.9 Å². The number of fused-ring (bicyclic) bond motifs is 1. The molecule has 1 fully saturated rings. The fourth-order valence-electron chi connectivity index (χ4n) is 2.39. The first-order valence-corrected chi connectivity index (χ1v) is 6.03. The maximum atomic E-state index is 4.74. The average molecular weight is 215 g/mol. The van der Waals surface area contributed by atoms with E-state index in [-0.39, 0.29) is 0 Å². The number of hydrogen-bond acceptors (Lipinski definition) is 2. The van der Waals surface area contributed by atoms with Crippen LogP contribution in [0.3, 0.4) is 0 Å². The molecule has 0 radical (unpaired) electrons. The molecular weight excluding hydrogens is 198 g/mol. The van der Waals surface area contributed by atoms with Crippen molar-refractivity contribution in [2.75, 3.05) is 13.1 Å². The van der Waals surface area contributed by atoms with Gasteiger partial charge in [0.2, 0.25) is 0 Å². The normalized spacial score (nSPS) is 16.6. The van der Waals surface area contributed by atoms with Crippen LogP contribution in [0.15, 0.2) is 24.3 Å². The van der Waals surface area contributed by atoms with Crippen LogP contribution in [0.4, 0.5) is 0 Å². The highest BCUT2D eigenvalue weighted by molar-refractivity contribution is 5.75. The van der Waals surface area contributed by atoms with Gasteiger partial charge in [-0.05, 0) is 38.1 Å². The fraction of sp³-hybridized carbons (Fsp3) is 0.462. The van der Waals surface area contributed by atoms with E-state index in [1.54, 1.807) is 0 Å². The fourth-order valence-corrected chi connectivity index (χ4v) is 2.39. The molecule has 84 valence electrons. The molecule has 3 heteroatoms. The van der Waals surface area contributed by atoms with Crippen molar-refractivity contribution >= 4 is 11.0 Å². The van der Waals surface area contributed by atoms with E-state index in [0.717, 1.165) is 37.5 Å². The van der Waals surface area contributed by atoms with Gasteiger partial charge >= 0.3 is 0 Å². The largest absolute Gasteiger partial charge is 0.328 e. The minimum absolute atomic E-state index is 0.780. The molecule has 0 saturated carbocycles. The molecule has 16 heavy (non-hydrogen) atoms. The molecular formula is C13H17N3. The number of aryl methyl sites for hydroxylation is 1. The van der Waals surface area contributed by atoms with Gasteiger partial charge in [-0.15, -0.1) is 0 Å². The van der Waals surface area contributed by atoms with Crippen molar-refractivity contribution in [2.24, 2.45) is 5.92 Å². The summed E-state index contributed by atoms with van der Waals surface area (Å²) < 4.78 is 2.34. The SMILES string of the molecule is CCn1c(CC2CNC2)nc2ccccc21. The number of rotatable bonds is 3. The van der Waals surface area contributed by atoms with Crippen molar-refractivity contribution < 1.29 is 0 Å². The number of hydrogen-bond donors (Lipinski definition) is 1. The van der Waals surface area contributed by atoms with Crippen LogP contribution in [0.1, 0.15) is 12.7 Å². The summed E-state index contributed by atoms with van der Waals surface area (Å²) >= 11 is 0. The summed E-state index contributed by atoms with van der Waals surface area (Å²) in [6.07, 6.45) is 1.11. The van der Waals surface area contributed by atoms with Crippen LogP contribution >= 0.6 is 0 Å². The van der Waals surface area contributed by atoms with Crippen molar-refractivity contribution in [1.29, 1.82) is 0 Å². The molecule has 3 rings (SSSR count). The average Bonchev–Trinajstić information content (AvgIpc) is 2.60.